The number of hydrogen-bond acceptors (Lipinski definition) is 3. The van der Waals surface area contributed by atoms with Crippen LogP contribution in [0.5, 0.6) is 0 Å². The maximum Gasteiger partial charge on any atom is 0.0653 e. The van der Waals surface area contributed by atoms with Crippen molar-refractivity contribution in [2.75, 3.05) is 7.11 Å². The van der Waals surface area contributed by atoms with Crippen LogP contribution in [0.15, 0.2) is 17.5 Å². The van der Waals surface area contributed by atoms with Gasteiger partial charge in [0.25, 0.3) is 0 Å². The molecule has 2 nitrogen and oxygen atoms in total. The van der Waals surface area contributed by atoms with Gasteiger partial charge in [-0.3, -0.25) is 0 Å². The highest BCUT2D eigenvalue weighted by atomic mass is 32.1. The van der Waals surface area contributed by atoms with Crippen LogP contribution in [0.3, 0.4) is 0 Å². The molecule has 1 aliphatic carbocycles. The maximum atomic E-state index is 10.4. The van der Waals surface area contributed by atoms with Crippen molar-refractivity contribution in [3.63, 3.8) is 0 Å². The second kappa shape index (κ2) is 5.30. The van der Waals surface area contributed by atoms with E-state index in [1.165, 1.54) is 4.88 Å². The van der Waals surface area contributed by atoms with Gasteiger partial charge in [0.1, 0.15) is 0 Å². The van der Waals surface area contributed by atoms with Gasteiger partial charge in [-0.25, -0.2) is 0 Å². The van der Waals surface area contributed by atoms with E-state index in [9.17, 15) is 5.11 Å². The minimum Gasteiger partial charge on any atom is -0.390 e. The number of thiophene rings is 1. The van der Waals surface area contributed by atoms with E-state index in [1.807, 2.05) is 0 Å². The SMILES string of the molecule is COC1CCC(O)(CCc2cccs2)CC1. The van der Waals surface area contributed by atoms with E-state index >= 15 is 0 Å². The lowest BCUT2D eigenvalue weighted by atomic mass is 9.80. The Bertz CT molecular complexity index is 300. The molecule has 0 bridgehead atoms. The molecule has 1 aromatic rings. The van der Waals surface area contributed by atoms with Crippen molar-refractivity contribution in [3.05, 3.63) is 22.4 Å². The van der Waals surface area contributed by atoms with Crippen LogP contribution in [0.1, 0.15) is 37.0 Å². The standard InChI is InChI=1S/C13H20O2S/c1-15-11-4-7-13(14,8-5-11)9-6-12-3-2-10-16-12/h2-3,10-11,14H,4-9H2,1H3. The Kier molecular flexibility index (Phi) is 4.00. The van der Waals surface area contributed by atoms with Crippen molar-refractivity contribution < 1.29 is 9.84 Å². The fourth-order valence-electron chi connectivity index (χ4n) is 2.43. The molecule has 2 rings (SSSR count). The lowest BCUT2D eigenvalue weighted by Crippen LogP contribution is -2.36. The lowest BCUT2D eigenvalue weighted by Gasteiger charge is -2.35. The van der Waals surface area contributed by atoms with Crippen LogP contribution in [0.25, 0.3) is 0 Å². The van der Waals surface area contributed by atoms with Crippen LogP contribution in [0, 0.1) is 0 Å². The summed E-state index contributed by atoms with van der Waals surface area (Å²) in [5.41, 5.74) is -0.445. The minimum atomic E-state index is -0.445. The van der Waals surface area contributed by atoms with Gasteiger partial charge in [0, 0.05) is 12.0 Å². The summed E-state index contributed by atoms with van der Waals surface area (Å²) in [4.78, 5) is 1.38. The highest BCUT2D eigenvalue weighted by Crippen LogP contribution is 2.33. The smallest absolute Gasteiger partial charge is 0.0653 e. The molecule has 0 aliphatic heterocycles. The second-order valence-electron chi connectivity index (χ2n) is 4.74. The van der Waals surface area contributed by atoms with E-state index in [0.717, 1.165) is 38.5 Å². The summed E-state index contributed by atoms with van der Waals surface area (Å²) in [7, 11) is 1.76. The molecular weight excluding hydrogens is 220 g/mol. The summed E-state index contributed by atoms with van der Waals surface area (Å²) in [6.45, 7) is 0. The molecule has 16 heavy (non-hydrogen) atoms. The molecule has 0 aromatic carbocycles. The molecule has 90 valence electrons. The summed E-state index contributed by atoms with van der Waals surface area (Å²) in [6, 6.07) is 4.22. The number of aryl methyl sites for hydroxylation is 1. The number of methoxy groups -OCH3 is 1. The third-order valence-corrected chi connectivity index (χ3v) is 4.55. The Morgan fingerprint density at radius 2 is 2.25 bits per heavy atom. The van der Waals surface area contributed by atoms with E-state index in [-0.39, 0.29) is 0 Å². The summed E-state index contributed by atoms with van der Waals surface area (Å²) >= 11 is 1.78. The van der Waals surface area contributed by atoms with E-state index in [2.05, 4.69) is 17.5 Å². The van der Waals surface area contributed by atoms with Gasteiger partial charge in [-0.05, 0) is 50.0 Å². The summed E-state index contributed by atoms with van der Waals surface area (Å²) < 4.78 is 5.33. The molecule has 0 amide bonds. The van der Waals surface area contributed by atoms with Gasteiger partial charge in [0.2, 0.25) is 0 Å². The van der Waals surface area contributed by atoms with Crippen molar-refractivity contribution in [2.45, 2.75) is 50.2 Å². The largest absolute Gasteiger partial charge is 0.390 e. The van der Waals surface area contributed by atoms with E-state index in [4.69, 9.17) is 4.74 Å². The number of aliphatic hydroxyl groups is 1. The second-order valence-corrected chi connectivity index (χ2v) is 5.77. The van der Waals surface area contributed by atoms with Crippen molar-refractivity contribution in [1.29, 1.82) is 0 Å². The first-order valence-corrected chi connectivity index (χ1v) is 6.87. The van der Waals surface area contributed by atoms with Crippen LogP contribution in [0.4, 0.5) is 0 Å². The molecular formula is C13H20O2S. The van der Waals surface area contributed by atoms with Crippen LogP contribution in [-0.4, -0.2) is 23.9 Å². The van der Waals surface area contributed by atoms with Gasteiger partial charge >= 0.3 is 0 Å². The molecule has 1 aromatic heterocycles. The average molecular weight is 240 g/mol. The van der Waals surface area contributed by atoms with Crippen LogP contribution < -0.4 is 0 Å². The maximum absolute atomic E-state index is 10.4. The number of rotatable bonds is 4. The van der Waals surface area contributed by atoms with Gasteiger partial charge in [-0.1, -0.05) is 6.07 Å². The molecule has 1 saturated carbocycles. The van der Waals surface area contributed by atoms with Gasteiger partial charge < -0.3 is 9.84 Å². The van der Waals surface area contributed by atoms with E-state index < -0.39 is 5.60 Å². The lowest BCUT2D eigenvalue weighted by molar-refractivity contribution is -0.0477. The van der Waals surface area contributed by atoms with Crippen LogP contribution >= 0.6 is 11.3 Å². The molecule has 0 radical (unpaired) electrons. The number of hydrogen-bond donors (Lipinski definition) is 1. The minimum absolute atomic E-state index is 0.363. The highest BCUT2D eigenvalue weighted by molar-refractivity contribution is 7.09. The molecule has 1 heterocycles. The topological polar surface area (TPSA) is 29.5 Å². The Labute approximate surface area is 101 Å². The average Bonchev–Trinajstić information content (AvgIpc) is 2.81. The zero-order valence-electron chi connectivity index (χ0n) is 9.82. The third-order valence-electron chi connectivity index (χ3n) is 3.61. The van der Waals surface area contributed by atoms with Crippen molar-refractivity contribution in [3.8, 4) is 0 Å². The summed E-state index contributed by atoms with van der Waals surface area (Å²) in [6.07, 6.45) is 6.03. The fraction of sp³-hybridized carbons (Fsp3) is 0.692. The van der Waals surface area contributed by atoms with Crippen LogP contribution in [-0.2, 0) is 11.2 Å². The van der Waals surface area contributed by atoms with Gasteiger partial charge in [-0.15, -0.1) is 11.3 Å². The molecule has 0 atom stereocenters. The van der Waals surface area contributed by atoms with Crippen molar-refractivity contribution in [1.82, 2.24) is 0 Å². The predicted octanol–water partition coefficient (Wildman–Crippen LogP) is 3.00. The molecule has 0 spiro atoms. The Balaban J connectivity index is 1.80. The van der Waals surface area contributed by atoms with Crippen LogP contribution in [0.2, 0.25) is 0 Å². The Hall–Kier alpha value is -0.380. The van der Waals surface area contributed by atoms with Gasteiger partial charge in [0.15, 0.2) is 0 Å². The van der Waals surface area contributed by atoms with Crippen molar-refractivity contribution in [2.24, 2.45) is 0 Å². The molecule has 3 heteroatoms. The fourth-order valence-corrected chi connectivity index (χ4v) is 3.13. The van der Waals surface area contributed by atoms with E-state index in [1.54, 1.807) is 18.4 Å². The van der Waals surface area contributed by atoms with Crippen molar-refractivity contribution >= 4 is 11.3 Å². The predicted molar refractivity (Wildman–Crippen MR) is 66.9 cm³/mol. The molecule has 0 unspecified atom stereocenters. The molecule has 1 aliphatic rings. The summed E-state index contributed by atoms with van der Waals surface area (Å²) in [5.74, 6) is 0. The molecule has 1 fully saturated rings. The summed E-state index contributed by atoms with van der Waals surface area (Å²) in [5, 5.41) is 12.5. The van der Waals surface area contributed by atoms with Gasteiger partial charge in [-0.2, -0.15) is 0 Å². The zero-order valence-corrected chi connectivity index (χ0v) is 10.6. The van der Waals surface area contributed by atoms with Gasteiger partial charge in [0.05, 0.1) is 11.7 Å². The normalized spacial score (nSPS) is 30.5. The Morgan fingerprint density at radius 1 is 1.50 bits per heavy atom. The monoisotopic (exact) mass is 240 g/mol. The first kappa shape index (κ1) is 12.1. The zero-order chi connectivity index (χ0) is 11.4. The molecule has 1 N–H and O–H groups in total. The quantitative estimate of drug-likeness (QED) is 0.876. The first-order valence-electron chi connectivity index (χ1n) is 5.99. The molecule has 0 saturated heterocycles. The highest BCUT2D eigenvalue weighted by Gasteiger charge is 2.32. The van der Waals surface area contributed by atoms with E-state index in [0.29, 0.717) is 6.10 Å². The first-order chi connectivity index (χ1) is 7.72. The third kappa shape index (κ3) is 3.06. The Morgan fingerprint density at radius 3 is 2.81 bits per heavy atom. The number of ether oxygens (including phenoxy) is 1.